The zero-order chi connectivity index (χ0) is 25.5. The highest BCUT2D eigenvalue weighted by atomic mass is 35.5. The largest absolute Gasteiger partial charge is 0.450 e. The lowest BCUT2D eigenvalue weighted by Gasteiger charge is -2.29. The van der Waals surface area contributed by atoms with Crippen molar-refractivity contribution in [2.75, 3.05) is 4.72 Å². The fourth-order valence-corrected chi connectivity index (χ4v) is 6.40. The number of hydrogen-bond donors (Lipinski definition) is 1. The minimum Gasteiger partial charge on any atom is -0.450 e. The molecule has 5 rings (SSSR count). The second-order valence-electron chi connectivity index (χ2n) is 9.34. The van der Waals surface area contributed by atoms with Crippen molar-refractivity contribution in [1.29, 1.82) is 0 Å². The van der Waals surface area contributed by atoms with Gasteiger partial charge in [-0.3, -0.25) is 19.3 Å². The van der Waals surface area contributed by atoms with Gasteiger partial charge in [-0.25, -0.2) is 8.42 Å². The van der Waals surface area contributed by atoms with Crippen LogP contribution in [0.3, 0.4) is 0 Å². The number of aromatic nitrogens is 1. The normalized spacial score (nSPS) is 19.3. The Morgan fingerprint density at radius 3 is 2.56 bits per heavy atom. The molecular weight excluding hydrogens is 500 g/mol. The van der Waals surface area contributed by atoms with Crippen LogP contribution in [0.2, 0.25) is 5.02 Å². The molecule has 1 unspecified atom stereocenters. The number of nitrogens with zero attached hydrogens (tertiary/aromatic N) is 1. The van der Waals surface area contributed by atoms with Gasteiger partial charge in [0.2, 0.25) is 0 Å². The molecule has 3 aromatic rings. The van der Waals surface area contributed by atoms with Crippen molar-refractivity contribution in [3.05, 3.63) is 77.1 Å². The number of Topliss-reactive ketones (excluding diaryl/α,β-unsaturated/α-hetero) is 1. The van der Waals surface area contributed by atoms with E-state index in [0.29, 0.717) is 40.2 Å². The number of pyridine rings is 1. The fraction of sp³-hybridized carbons (Fsp3) is 0.296. The molecule has 9 heteroatoms. The van der Waals surface area contributed by atoms with Gasteiger partial charge in [0, 0.05) is 28.7 Å². The van der Waals surface area contributed by atoms with Crippen LogP contribution in [-0.2, 0) is 24.3 Å². The lowest BCUT2D eigenvalue weighted by Crippen LogP contribution is -2.39. The van der Waals surface area contributed by atoms with Crippen LogP contribution in [0.15, 0.2) is 65.8 Å². The van der Waals surface area contributed by atoms with Crippen molar-refractivity contribution in [1.82, 2.24) is 4.98 Å². The number of carbonyl (C=O) groups is 2. The monoisotopic (exact) mass is 524 g/mol. The third kappa shape index (κ3) is 4.40. The molecule has 2 aromatic carbocycles. The lowest BCUT2D eigenvalue weighted by atomic mass is 9.77. The number of ether oxygens (including phenoxy) is 1. The highest BCUT2D eigenvalue weighted by Gasteiger charge is 2.56. The van der Waals surface area contributed by atoms with Crippen LogP contribution >= 0.6 is 11.6 Å². The van der Waals surface area contributed by atoms with E-state index >= 15 is 0 Å². The van der Waals surface area contributed by atoms with E-state index in [1.807, 2.05) is 19.1 Å². The highest BCUT2D eigenvalue weighted by molar-refractivity contribution is 7.92. The van der Waals surface area contributed by atoms with Gasteiger partial charge in [0.15, 0.2) is 11.4 Å². The molecule has 2 heterocycles. The Labute approximate surface area is 214 Å². The molecule has 0 radical (unpaired) electrons. The van der Waals surface area contributed by atoms with Gasteiger partial charge in [0.25, 0.3) is 10.0 Å². The molecule has 186 valence electrons. The van der Waals surface area contributed by atoms with Crippen molar-refractivity contribution >= 4 is 39.1 Å². The third-order valence-electron chi connectivity index (χ3n) is 6.94. The number of sulfonamides is 1. The summed E-state index contributed by atoms with van der Waals surface area (Å²) in [6.07, 6.45) is 6.69. The predicted octanol–water partition coefficient (Wildman–Crippen LogP) is 5.42. The van der Waals surface area contributed by atoms with E-state index in [1.54, 1.807) is 30.3 Å². The first-order valence-electron chi connectivity index (χ1n) is 11.8. The molecule has 1 aromatic heterocycles. The minimum absolute atomic E-state index is 0.0532. The third-order valence-corrected chi connectivity index (χ3v) is 8.62. The van der Waals surface area contributed by atoms with Crippen LogP contribution in [0.5, 0.6) is 0 Å². The van der Waals surface area contributed by atoms with E-state index < -0.39 is 27.5 Å². The number of halogens is 1. The molecule has 7 nitrogen and oxygen atoms in total. The molecule has 2 aliphatic rings. The van der Waals surface area contributed by atoms with Gasteiger partial charge in [-0.2, -0.15) is 0 Å². The zero-order valence-corrected chi connectivity index (χ0v) is 21.2. The smallest absolute Gasteiger partial charge is 0.322 e. The van der Waals surface area contributed by atoms with Gasteiger partial charge in [-0.15, -0.1) is 0 Å². The van der Waals surface area contributed by atoms with E-state index in [0.717, 1.165) is 24.8 Å². The number of hydrogen-bond acceptors (Lipinski definition) is 6. The molecule has 1 aliphatic heterocycles. The Bertz CT molecular complexity index is 1450. The van der Waals surface area contributed by atoms with E-state index in [1.165, 1.54) is 18.5 Å². The van der Waals surface area contributed by atoms with Crippen LogP contribution < -0.4 is 4.72 Å². The van der Waals surface area contributed by atoms with Crippen LogP contribution in [0, 0.1) is 6.92 Å². The standard InChI is InChI=1S/C27H25ClN2O5S/c1-17-13-22(18-7-5-8-19(14-18)30-36(33,34)20-9-6-12-29-16-20)23(28)15-21(17)24-25(31)27(35-26(24)32)10-3-2-4-11-27/h5-9,12-16,24,30H,2-4,10-11H2,1H3. The highest BCUT2D eigenvalue weighted by Crippen LogP contribution is 2.45. The van der Waals surface area contributed by atoms with Crippen LogP contribution in [0.1, 0.15) is 49.1 Å². The average molecular weight is 525 g/mol. The topological polar surface area (TPSA) is 102 Å². The van der Waals surface area contributed by atoms with Crippen LogP contribution in [0.25, 0.3) is 11.1 Å². The summed E-state index contributed by atoms with van der Waals surface area (Å²) in [6.45, 7) is 1.83. The Balaban J connectivity index is 1.45. The Morgan fingerprint density at radius 1 is 1.06 bits per heavy atom. The molecule has 2 fully saturated rings. The van der Waals surface area contributed by atoms with Crippen LogP contribution in [-0.4, -0.2) is 30.8 Å². The zero-order valence-electron chi connectivity index (χ0n) is 19.7. The summed E-state index contributed by atoms with van der Waals surface area (Å²) in [7, 11) is -3.81. The second kappa shape index (κ2) is 9.33. The van der Waals surface area contributed by atoms with E-state index in [4.69, 9.17) is 16.3 Å². The molecule has 1 atom stereocenters. The maximum atomic E-state index is 13.3. The van der Waals surface area contributed by atoms with Crippen molar-refractivity contribution in [3.8, 4) is 11.1 Å². The number of nitrogens with one attached hydrogen (secondary N) is 1. The van der Waals surface area contributed by atoms with Gasteiger partial charge in [0.05, 0.1) is 0 Å². The molecule has 0 bridgehead atoms. The number of aryl methyl sites for hydroxylation is 1. The minimum atomic E-state index is -3.81. The van der Waals surface area contributed by atoms with E-state index in [-0.39, 0.29) is 10.7 Å². The molecular formula is C27H25ClN2O5S. The molecule has 1 saturated carbocycles. The first kappa shape index (κ1) is 24.5. The summed E-state index contributed by atoms with van der Waals surface area (Å²) in [6, 6.07) is 13.3. The van der Waals surface area contributed by atoms with Gasteiger partial charge < -0.3 is 4.74 Å². The lowest BCUT2D eigenvalue weighted by molar-refractivity contribution is -0.154. The maximum Gasteiger partial charge on any atom is 0.322 e. The second-order valence-corrected chi connectivity index (χ2v) is 11.4. The fourth-order valence-electron chi connectivity index (χ4n) is 5.11. The number of ketones is 1. The SMILES string of the molecule is Cc1cc(-c2cccc(NS(=O)(=O)c3cccnc3)c2)c(Cl)cc1C1C(=O)OC2(CCCCC2)C1=O. The summed E-state index contributed by atoms with van der Waals surface area (Å²) in [5, 5.41) is 0.355. The molecule has 1 saturated heterocycles. The van der Waals surface area contributed by atoms with Gasteiger partial charge in [0.1, 0.15) is 10.8 Å². The number of carbonyl (C=O) groups excluding carboxylic acids is 2. The molecule has 0 amide bonds. The Kier molecular flexibility index (Phi) is 6.34. The van der Waals surface area contributed by atoms with Crippen molar-refractivity contribution in [2.24, 2.45) is 0 Å². The van der Waals surface area contributed by atoms with Gasteiger partial charge in [-0.05, 0) is 85.7 Å². The number of benzene rings is 2. The van der Waals surface area contributed by atoms with Crippen molar-refractivity contribution in [2.45, 2.75) is 55.4 Å². The first-order chi connectivity index (χ1) is 17.2. The number of rotatable bonds is 5. The quantitative estimate of drug-likeness (QED) is 0.353. The van der Waals surface area contributed by atoms with Crippen LogP contribution in [0.4, 0.5) is 5.69 Å². The van der Waals surface area contributed by atoms with Crippen molar-refractivity contribution < 1.29 is 22.7 Å². The van der Waals surface area contributed by atoms with Crippen molar-refractivity contribution in [3.63, 3.8) is 0 Å². The molecule has 1 N–H and O–H groups in total. The summed E-state index contributed by atoms with van der Waals surface area (Å²) >= 11 is 6.66. The van der Waals surface area contributed by atoms with E-state index in [2.05, 4.69) is 9.71 Å². The Hall–Kier alpha value is -3.23. The molecule has 36 heavy (non-hydrogen) atoms. The molecule has 1 aliphatic carbocycles. The number of anilines is 1. The maximum absolute atomic E-state index is 13.3. The summed E-state index contributed by atoms with van der Waals surface area (Å²) in [4.78, 5) is 30.1. The first-order valence-corrected chi connectivity index (χ1v) is 13.7. The predicted molar refractivity (Wildman–Crippen MR) is 136 cm³/mol. The molecule has 1 spiro atoms. The van der Waals surface area contributed by atoms with E-state index in [9.17, 15) is 18.0 Å². The Morgan fingerprint density at radius 2 is 1.83 bits per heavy atom. The number of esters is 1. The summed E-state index contributed by atoms with van der Waals surface area (Å²) in [5.41, 5.74) is 1.99. The van der Waals surface area contributed by atoms with Gasteiger partial charge in [-0.1, -0.05) is 30.2 Å². The summed E-state index contributed by atoms with van der Waals surface area (Å²) < 4.78 is 33.6. The average Bonchev–Trinajstić information content (AvgIpc) is 3.09. The van der Waals surface area contributed by atoms with Gasteiger partial charge >= 0.3 is 5.97 Å². The summed E-state index contributed by atoms with van der Waals surface area (Å²) in [5.74, 6) is -1.67.